The molecular weight excluding hydrogens is 352 g/mol. The summed E-state index contributed by atoms with van der Waals surface area (Å²) in [6.45, 7) is 4.29. The number of hydrogen-bond acceptors (Lipinski definition) is 7. The van der Waals surface area contributed by atoms with Crippen molar-refractivity contribution in [2.45, 2.75) is 26.2 Å². The summed E-state index contributed by atoms with van der Waals surface area (Å²) in [5.74, 6) is 1.03. The molecule has 3 aromatic rings. The molecule has 0 saturated carbocycles. The molecule has 0 radical (unpaired) electrons. The van der Waals surface area contributed by atoms with Crippen LogP contribution in [0.1, 0.15) is 34.0 Å². The van der Waals surface area contributed by atoms with Crippen LogP contribution in [0.3, 0.4) is 0 Å². The normalized spacial score (nSPS) is 12.7. The van der Waals surface area contributed by atoms with Crippen molar-refractivity contribution < 1.29 is 20.0 Å². The summed E-state index contributed by atoms with van der Waals surface area (Å²) in [6.07, 6.45) is 0.575. The molecule has 1 aromatic heterocycles. The molecule has 2 N–H and O–H groups in total. The van der Waals surface area contributed by atoms with Gasteiger partial charge in [0.2, 0.25) is 0 Å². The number of ether oxygens (including phenoxy) is 1. The van der Waals surface area contributed by atoms with Crippen LogP contribution in [0.25, 0.3) is 10.8 Å². The number of rotatable bonds is 7. The van der Waals surface area contributed by atoms with Gasteiger partial charge in [0.1, 0.15) is 10.8 Å². The Balaban J connectivity index is 1.80. The zero-order valence-corrected chi connectivity index (χ0v) is 15.8. The molecule has 0 aliphatic rings. The van der Waals surface area contributed by atoms with Crippen LogP contribution in [0.2, 0.25) is 0 Å². The summed E-state index contributed by atoms with van der Waals surface area (Å²) < 4.78 is 5.28. The van der Waals surface area contributed by atoms with Gasteiger partial charge in [-0.1, -0.05) is 31.2 Å². The highest BCUT2D eigenvalue weighted by Gasteiger charge is 2.16. The second kappa shape index (κ2) is 8.11. The Morgan fingerprint density at radius 3 is 2.62 bits per heavy atom. The molecule has 6 nitrogen and oxygen atoms in total. The van der Waals surface area contributed by atoms with Crippen LogP contribution in [0.15, 0.2) is 36.4 Å². The summed E-state index contributed by atoms with van der Waals surface area (Å²) in [5, 5.41) is 20.3. The highest BCUT2D eigenvalue weighted by Crippen LogP contribution is 2.32. The van der Waals surface area contributed by atoms with Crippen LogP contribution in [0.5, 0.6) is 5.75 Å². The third-order valence-electron chi connectivity index (χ3n) is 4.39. The van der Waals surface area contributed by atoms with E-state index in [1.807, 2.05) is 19.1 Å². The summed E-state index contributed by atoms with van der Waals surface area (Å²) in [4.78, 5) is 10.4. The Morgan fingerprint density at radius 2 is 1.88 bits per heavy atom. The molecule has 0 spiro atoms. The molecule has 1 heterocycles. The maximum atomic E-state index is 8.61. The van der Waals surface area contributed by atoms with Gasteiger partial charge in [0, 0.05) is 17.2 Å². The maximum Gasteiger partial charge on any atom is 0.119 e. The summed E-state index contributed by atoms with van der Waals surface area (Å²) >= 11 is 1.63. The highest BCUT2D eigenvalue weighted by atomic mass is 32.1. The third-order valence-corrected chi connectivity index (χ3v) is 5.79. The first-order valence-electron chi connectivity index (χ1n) is 8.32. The highest BCUT2D eigenvalue weighted by molar-refractivity contribution is 7.11. The molecule has 0 aliphatic carbocycles. The number of nitrogens with zero attached hydrogens (tertiary/aromatic N) is 2. The van der Waals surface area contributed by atoms with Gasteiger partial charge in [0.05, 0.1) is 24.8 Å². The quantitative estimate of drug-likeness (QED) is 0.600. The number of thiazole rings is 1. The van der Waals surface area contributed by atoms with E-state index >= 15 is 0 Å². The molecule has 0 saturated heterocycles. The number of fused-ring (bicyclic) bond motifs is 1. The van der Waals surface area contributed by atoms with Crippen molar-refractivity contribution in [3.8, 4) is 5.75 Å². The van der Waals surface area contributed by atoms with Crippen molar-refractivity contribution >= 4 is 22.1 Å². The number of aryl methyl sites for hydroxylation is 1. The fourth-order valence-corrected chi connectivity index (χ4v) is 4.00. The molecule has 0 bridgehead atoms. The number of aromatic nitrogens is 1. The summed E-state index contributed by atoms with van der Waals surface area (Å²) in [7, 11) is 1.67. The molecule has 0 fully saturated rings. The lowest BCUT2D eigenvalue weighted by Crippen LogP contribution is -2.16. The van der Waals surface area contributed by atoms with Crippen LogP contribution < -0.4 is 4.74 Å². The zero-order valence-electron chi connectivity index (χ0n) is 15.0. The van der Waals surface area contributed by atoms with E-state index in [0.717, 1.165) is 26.7 Å². The number of methoxy groups -OCH3 is 1. The first-order chi connectivity index (χ1) is 12.5. The van der Waals surface area contributed by atoms with E-state index in [4.69, 9.17) is 20.1 Å². The van der Waals surface area contributed by atoms with Crippen LogP contribution in [-0.4, -0.2) is 34.5 Å². The van der Waals surface area contributed by atoms with Crippen molar-refractivity contribution in [1.82, 2.24) is 10.4 Å². The van der Waals surface area contributed by atoms with Crippen LogP contribution >= 0.6 is 11.3 Å². The Labute approximate surface area is 156 Å². The average Bonchev–Trinajstić information content (AvgIpc) is 3.00. The topological polar surface area (TPSA) is 75.1 Å². The minimum Gasteiger partial charge on any atom is -0.497 e. The lowest BCUT2D eigenvalue weighted by atomic mass is 9.98. The van der Waals surface area contributed by atoms with E-state index in [9.17, 15) is 0 Å². The lowest BCUT2D eigenvalue weighted by molar-refractivity contribution is -0.492. The van der Waals surface area contributed by atoms with Gasteiger partial charge in [0.25, 0.3) is 0 Å². The van der Waals surface area contributed by atoms with Crippen molar-refractivity contribution in [2.75, 3.05) is 13.7 Å². The van der Waals surface area contributed by atoms with Crippen molar-refractivity contribution in [3.63, 3.8) is 0 Å². The molecule has 0 amide bonds. The smallest absolute Gasteiger partial charge is 0.119 e. The standard InChI is InChI=1S/C19H22N2O4S/c1-12(19-20-13(2)18(26-19)8-9-25-21(22)23)14-4-5-16-11-17(24-3)7-6-15(16)10-14/h4-7,10-12,22-23H,8-9H2,1-3H3/t12-/m0/s1. The van der Waals surface area contributed by atoms with Gasteiger partial charge in [0.15, 0.2) is 0 Å². The van der Waals surface area contributed by atoms with Crippen LogP contribution in [0, 0.1) is 6.92 Å². The molecule has 0 aliphatic heterocycles. The predicted molar refractivity (Wildman–Crippen MR) is 99.9 cm³/mol. The van der Waals surface area contributed by atoms with E-state index in [1.165, 1.54) is 10.9 Å². The van der Waals surface area contributed by atoms with Gasteiger partial charge >= 0.3 is 0 Å². The van der Waals surface area contributed by atoms with Crippen molar-refractivity contribution in [3.05, 3.63) is 57.5 Å². The minimum atomic E-state index is -0.260. The van der Waals surface area contributed by atoms with E-state index in [1.54, 1.807) is 18.4 Å². The largest absolute Gasteiger partial charge is 0.497 e. The minimum absolute atomic E-state index is 0.173. The summed E-state index contributed by atoms with van der Waals surface area (Å²) in [5.41, 5.74) is 2.16. The lowest BCUT2D eigenvalue weighted by Gasteiger charge is -2.11. The van der Waals surface area contributed by atoms with Gasteiger partial charge in [-0.25, -0.2) is 4.98 Å². The molecule has 1 atom stereocenters. The second-order valence-corrected chi connectivity index (χ2v) is 7.21. The van der Waals surface area contributed by atoms with Gasteiger partial charge in [-0.3, -0.25) is 15.3 Å². The number of hydrogen-bond donors (Lipinski definition) is 2. The van der Waals surface area contributed by atoms with Crippen molar-refractivity contribution in [1.29, 1.82) is 0 Å². The van der Waals surface area contributed by atoms with E-state index in [2.05, 4.69) is 36.0 Å². The zero-order chi connectivity index (χ0) is 18.7. The summed E-state index contributed by atoms with van der Waals surface area (Å²) in [6, 6.07) is 12.5. The van der Waals surface area contributed by atoms with Gasteiger partial charge < -0.3 is 4.74 Å². The maximum absolute atomic E-state index is 8.61. The number of benzene rings is 2. The molecule has 7 heteroatoms. The molecule has 0 unspecified atom stereocenters. The Morgan fingerprint density at radius 1 is 1.15 bits per heavy atom. The predicted octanol–water partition coefficient (Wildman–Crippen LogP) is 4.32. The Bertz CT molecular complexity index is 894. The first-order valence-corrected chi connectivity index (χ1v) is 9.14. The van der Waals surface area contributed by atoms with E-state index in [0.29, 0.717) is 6.42 Å². The first kappa shape index (κ1) is 18.8. The van der Waals surface area contributed by atoms with Crippen LogP contribution in [0.4, 0.5) is 0 Å². The van der Waals surface area contributed by atoms with Gasteiger partial charge in [-0.2, -0.15) is 0 Å². The molecule has 26 heavy (non-hydrogen) atoms. The van der Waals surface area contributed by atoms with Gasteiger partial charge in [-0.15, -0.1) is 11.3 Å². The fourth-order valence-electron chi connectivity index (χ4n) is 2.87. The third kappa shape index (κ3) is 4.20. The second-order valence-electron chi connectivity index (χ2n) is 6.09. The molecule has 3 rings (SSSR count). The van der Waals surface area contributed by atoms with Crippen LogP contribution in [-0.2, 0) is 11.3 Å². The molecule has 138 valence electrons. The monoisotopic (exact) mass is 374 g/mol. The van der Waals surface area contributed by atoms with E-state index < -0.39 is 0 Å². The van der Waals surface area contributed by atoms with Gasteiger partial charge in [-0.05, 0) is 35.4 Å². The Kier molecular flexibility index (Phi) is 5.85. The molecular formula is C19H22N2O4S. The van der Waals surface area contributed by atoms with Crippen molar-refractivity contribution in [2.24, 2.45) is 0 Å². The average molecular weight is 374 g/mol. The Hall–Kier alpha value is -2.03. The molecule has 2 aromatic carbocycles. The SMILES string of the molecule is COc1ccc2cc([C@H](C)c3nc(C)c(CCON(O)O)s3)ccc2c1. The fraction of sp³-hybridized carbons (Fsp3) is 0.316. The van der Waals surface area contributed by atoms with E-state index in [-0.39, 0.29) is 17.9 Å².